The van der Waals surface area contributed by atoms with Crippen LogP contribution in [0.1, 0.15) is 10.4 Å². The monoisotopic (exact) mass is 388 g/mol. The van der Waals surface area contributed by atoms with Gasteiger partial charge in [-0.1, -0.05) is 18.2 Å². The van der Waals surface area contributed by atoms with Gasteiger partial charge in [-0.2, -0.15) is 13.2 Å². The summed E-state index contributed by atoms with van der Waals surface area (Å²) < 4.78 is 67.1. The number of nitrogens with one attached hydrogen (secondary N) is 2. The summed E-state index contributed by atoms with van der Waals surface area (Å²) in [6.45, 7) is -1.70. The summed E-state index contributed by atoms with van der Waals surface area (Å²) >= 11 is 0. The predicted octanol–water partition coefficient (Wildman–Crippen LogP) is 2.79. The molecule has 140 valence electrons. The quantitative estimate of drug-likeness (QED) is 0.797. The molecule has 0 aromatic heterocycles. The maximum Gasteiger partial charge on any atom is 0.402 e. The van der Waals surface area contributed by atoms with E-state index in [1.807, 2.05) is 0 Å². The highest BCUT2D eigenvalue weighted by atomic mass is 32.2. The number of carbonyl (C=O) groups is 1. The Kier molecular flexibility index (Phi) is 5.88. The molecule has 0 fully saturated rings. The van der Waals surface area contributed by atoms with Gasteiger partial charge in [0.25, 0.3) is 5.91 Å². The molecule has 1 amide bonds. The van der Waals surface area contributed by atoms with Gasteiger partial charge in [0.2, 0.25) is 10.0 Å². The van der Waals surface area contributed by atoms with E-state index in [2.05, 4.69) is 5.32 Å². The van der Waals surface area contributed by atoms with Crippen LogP contribution in [-0.2, 0) is 10.0 Å². The number of para-hydroxylation sites is 2. The molecule has 0 atom stereocenters. The van der Waals surface area contributed by atoms with E-state index >= 15 is 0 Å². The zero-order chi connectivity index (χ0) is 19.4. The molecule has 2 aromatic carbocycles. The molecule has 2 aromatic rings. The predicted molar refractivity (Wildman–Crippen MR) is 88.6 cm³/mol. The molecule has 0 saturated carbocycles. The lowest BCUT2D eigenvalue weighted by molar-refractivity contribution is -0.121. The molecule has 0 radical (unpaired) electrons. The molecule has 0 aliphatic carbocycles. The number of sulfonamides is 1. The van der Waals surface area contributed by atoms with E-state index < -0.39 is 33.5 Å². The molecule has 2 rings (SSSR count). The largest absolute Gasteiger partial charge is 0.495 e. The minimum absolute atomic E-state index is 0.0363. The zero-order valence-corrected chi connectivity index (χ0v) is 14.3. The number of rotatable bonds is 6. The van der Waals surface area contributed by atoms with E-state index in [0.29, 0.717) is 11.4 Å². The normalized spacial score (nSPS) is 11.8. The molecule has 0 bridgehead atoms. The van der Waals surface area contributed by atoms with Crippen LogP contribution in [-0.4, -0.2) is 34.2 Å². The number of anilines is 1. The number of methoxy groups -OCH3 is 1. The lowest BCUT2D eigenvalue weighted by Crippen LogP contribution is -2.33. The molecule has 0 aliphatic heterocycles. The van der Waals surface area contributed by atoms with Crippen molar-refractivity contribution in [2.45, 2.75) is 11.1 Å². The first kappa shape index (κ1) is 19.7. The molecule has 26 heavy (non-hydrogen) atoms. The number of carbonyl (C=O) groups excluding carboxylic acids is 1. The average molecular weight is 388 g/mol. The van der Waals surface area contributed by atoms with E-state index in [4.69, 9.17) is 4.74 Å². The van der Waals surface area contributed by atoms with E-state index in [1.54, 1.807) is 24.3 Å². The Balaban J connectivity index is 2.21. The molecular weight excluding hydrogens is 373 g/mol. The van der Waals surface area contributed by atoms with Crippen LogP contribution in [0.15, 0.2) is 53.4 Å². The van der Waals surface area contributed by atoms with Gasteiger partial charge in [-0.05, 0) is 30.3 Å². The standard InChI is InChI=1S/C16H15F3N2O4S/c1-25-14-8-3-2-7-13(14)21-15(22)11-5-4-6-12(9-11)26(23,24)20-10-16(17,18)19/h2-9,20H,10H2,1H3,(H,21,22). The summed E-state index contributed by atoms with van der Waals surface area (Å²) in [5, 5.41) is 2.55. The molecule has 0 aliphatic rings. The number of hydrogen-bond donors (Lipinski definition) is 2. The van der Waals surface area contributed by atoms with Crippen molar-refractivity contribution in [2.24, 2.45) is 0 Å². The molecule has 6 nitrogen and oxygen atoms in total. The van der Waals surface area contributed by atoms with Crippen molar-refractivity contribution in [3.05, 3.63) is 54.1 Å². The van der Waals surface area contributed by atoms with Crippen molar-refractivity contribution >= 4 is 21.6 Å². The van der Waals surface area contributed by atoms with Crippen molar-refractivity contribution in [2.75, 3.05) is 19.0 Å². The third kappa shape index (κ3) is 5.20. The Labute approximate surface area is 148 Å². The Morgan fingerprint density at radius 2 is 1.81 bits per heavy atom. The topological polar surface area (TPSA) is 84.5 Å². The van der Waals surface area contributed by atoms with Crippen LogP contribution in [0.5, 0.6) is 5.75 Å². The van der Waals surface area contributed by atoms with Gasteiger partial charge in [0.1, 0.15) is 12.3 Å². The van der Waals surface area contributed by atoms with Gasteiger partial charge in [0.15, 0.2) is 0 Å². The molecule has 0 unspecified atom stereocenters. The fraction of sp³-hybridized carbons (Fsp3) is 0.188. The SMILES string of the molecule is COc1ccccc1NC(=O)c1cccc(S(=O)(=O)NCC(F)(F)F)c1. The van der Waals surface area contributed by atoms with Crippen molar-refractivity contribution in [3.8, 4) is 5.75 Å². The van der Waals surface area contributed by atoms with E-state index in [-0.39, 0.29) is 5.56 Å². The maximum atomic E-state index is 12.3. The van der Waals surface area contributed by atoms with Gasteiger partial charge in [-0.15, -0.1) is 0 Å². The Bertz CT molecular complexity index is 898. The molecule has 10 heteroatoms. The minimum Gasteiger partial charge on any atom is -0.495 e. The highest BCUT2D eigenvalue weighted by Crippen LogP contribution is 2.24. The van der Waals surface area contributed by atoms with Crippen LogP contribution >= 0.6 is 0 Å². The fourth-order valence-electron chi connectivity index (χ4n) is 2.01. The van der Waals surface area contributed by atoms with Crippen molar-refractivity contribution in [1.82, 2.24) is 4.72 Å². The summed E-state index contributed by atoms with van der Waals surface area (Å²) in [6, 6.07) is 11.3. The van der Waals surface area contributed by atoms with E-state index in [9.17, 15) is 26.4 Å². The van der Waals surface area contributed by atoms with Gasteiger partial charge in [0, 0.05) is 5.56 Å². The highest BCUT2D eigenvalue weighted by Gasteiger charge is 2.30. The minimum atomic E-state index is -4.69. The summed E-state index contributed by atoms with van der Waals surface area (Å²) in [5.74, 6) is -0.237. The molecule has 2 N–H and O–H groups in total. The van der Waals surface area contributed by atoms with Crippen LogP contribution in [0.2, 0.25) is 0 Å². The Morgan fingerprint density at radius 1 is 1.12 bits per heavy atom. The summed E-state index contributed by atoms with van der Waals surface area (Å²) in [5.41, 5.74) is 0.328. The first-order valence-electron chi connectivity index (χ1n) is 7.23. The second-order valence-electron chi connectivity index (χ2n) is 5.12. The molecule has 0 heterocycles. The fourth-order valence-corrected chi connectivity index (χ4v) is 3.07. The van der Waals surface area contributed by atoms with Gasteiger partial charge < -0.3 is 10.1 Å². The summed E-state index contributed by atoms with van der Waals surface area (Å²) in [6.07, 6.45) is -4.69. The first-order chi connectivity index (χ1) is 12.1. The van der Waals surface area contributed by atoms with E-state index in [1.165, 1.54) is 24.0 Å². The number of ether oxygens (including phenoxy) is 1. The van der Waals surface area contributed by atoms with Crippen molar-refractivity contribution in [3.63, 3.8) is 0 Å². The number of halogens is 3. The smallest absolute Gasteiger partial charge is 0.402 e. The van der Waals surface area contributed by atoms with Crippen LogP contribution in [0.25, 0.3) is 0 Å². The number of alkyl halides is 3. The second-order valence-corrected chi connectivity index (χ2v) is 6.89. The third-order valence-corrected chi connectivity index (χ3v) is 4.62. The van der Waals surface area contributed by atoms with Gasteiger partial charge in [-0.25, -0.2) is 13.1 Å². The Morgan fingerprint density at radius 3 is 2.46 bits per heavy atom. The van der Waals surface area contributed by atoms with Crippen LogP contribution in [0.3, 0.4) is 0 Å². The van der Waals surface area contributed by atoms with Crippen molar-refractivity contribution in [1.29, 1.82) is 0 Å². The third-order valence-electron chi connectivity index (χ3n) is 3.22. The molecule has 0 spiro atoms. The summed E-state index contributed by atoms with van der Waals surface area (Å²) in [4.78, 5) is 11.9. The average Bonchev–Trinajstić information content (AvgIpc) is 2.60. The number of benzene rings is 2. The van der Waals surface area contributed by atoms with Crippen LogP contribution in [0.4, 0.5) is 18.9 Å². The number of hydrogen-bond acceptors (Lipinski definition) is 4. The lowest BCUT2D eigenvalue weighted by Gasteiger charge is -2.12. The Hall–Kier alpha value is -2.59. The van der Waals surface area contributed by atoms with E-state index in [0.717, 1.165) is 12.1 Å². The second kappa shape index (κ2) is 7.75. The van der Waals surface area contributed by atoms with Crippen LogP contribution in [0, 0.1) is 0 Å². The van der Waals surface area contributed by atoms with Gasteiger partial charge in [-0.3, -0.25) is 4.79 Å². The molecular formula is C16H15F3N2O4S. The van der Waals surface area contributed by atoms with Crippen LogP contribution < -0.4 is 14.8 Å². The zero-order valence-electron chi connectivity index (χ0n) is 13.5. The number of amides is 1. The first-order valence-corrected chi connectivity index (χ1v) is 8.71. The maximum absolute atomic E-state index is 12.3. The highest BCUT2D eigenvalue weighted by molar-refractivity contribution is 7.89. The van der Waals surface area contributed by atoms with Crippen molar-refractivity contribution < 1.29 is 31.1 Å². The molecule has 0 saturated heterocycles. The summed E-state index contributed by atoms with van der Waals surface area (Å²) in [7, 11) is -2.99. The van der Waals surface area contributed by atoms with Gasteiger partial charge in [0.05, 0.1) is 17.7 Å². The van der Waals surface area contributed by atoms with Gasteiger partial charge >= 0.3 is 6.18 Å². The lowest BCUT2D eigenvalue weighted by atomic mass is 10.2.